The number of sulfone groups is 1. The molecule has 0 radical (unpaired) electrons. The van der Waals surface area contributed by atoms with Crippen molar-refractivity contribution >= 4 is 21.4 Å². The van der Waals surface area contributed by atoms with Gasteiger partial charge in [-0.05, 0) is 31.4 Å². The van der Waals surface area contributed by atoms with Crippen molar-refractivity contribution in [3.05, 3.63) is 30.3 Å². The lowest BCUT2D eigenvalue weighted by atomic mass is 10.1. The van der Waals surface area contributed by atoms with Crippen molar-refractivity contribution in [3.8, 4) is 0 Å². The number of benzene rings is 1. The Morgan fingerprint density at radius 2 is 2.05 bits per heavy atom. The van der Waals surface area contributed by atoms with Crippen molar-refractivity contribution in [1.29, 1.82) is 0 Å². The first-order valence-electron chi connectivity index (χ1n) is 7.27. The first-order chi connectivity index (χ1) is 10.00. The van der Waals surface area contributed by atoms with Gasteiger partial charge >= 0.3 is 0 Å². The molecule has 1 N–H and O–H groups in total. The molecule has 0 spiro atoms. The Morgan fingerprint density at radius 1 is 1.33 bits per heavy atom. The number of nitrogens with zero attached hydrogens (tertiary/aromatic N) is 1. The SMILES string of the molecule is CCN(CC(=O)NC[C@@H]1CCS(=O)(=O)C1)c1ccccc1. The molecule has 1 aromatic carbocycles. The van der Waals surface area contributed by atoms with Gasteiger partial charge in [-0.2, -0.15) is 0 Å². The highest BCUT2D eigenvalue weighted by Crippen LogP contribution is 2.17. The van der Waals surface area contributed by atoms with Gasteiger partial charge in [-0.3, -0.25) is 4.79 Å². The number of nitrogens with one attached hydrogen (secondary N) is 1. The molecule has 0 aromatic heterocycles. The van der Waals surface area contributed by atoms with Crippen LogP contribution < -0.4 is 10.2 Å². The Balaban J connectivity index is 1.81. The average Bonchev–Trinajstić information content (AvgIpc) is 2.83. The minimum atomic E-state index is -2.88. The van der Waals surface area contributed by atoms with Gasteiger partial charge in [0.1, 0.15) is 0 Å². The molecule has 1 saturated heterocycles. The van der Waals surface area contributed by atoms with E-state index >= 15 is 0 Å². The van der Waals surface area contributed by atoms with Crippen LogP contribution in [-0.2, 0) is 14.6 Å². The molecule has 1 aliphatic heterocycles. The first-order valence-corrected chi connectivity index (χ1v) is 9.09. The standard InChI is InChI=1S/C15H22N2O3S/c1-2-17(14-6-4-3-5-7-14)11-15(18)16-10-13-8-9-21(19,20)12-13/h3-7,13H,2,8-12H2,1H3,(H,16,18)/t13-/m0/s1. The van der Waals surface area contributed by atoms with Gasteiger partial charge in [-0.25, -0.2) is 8.42 Å². The molecule has 0 aliphatic carbocycles. The second-order valence-electron chi connectivity index (χ2n) is 5.42. The van der Waals surface area contributed by atoms with E-state index in [2.05, 4.69) is 5.32 Å². The van der Waals surface area contributed by atoms with E-state index in [1.54, 1.807) is 0 Å². The average molecular weight is 310 g/mol. The van der Waals surface area contributed by atoms with Crippen LogP contribution in [0.25, 0.3) is 0 Å². The molecule has 0 saturated carbocycles. The van der Waals surface area contributed by atoms with Crippen LogP contribution in [0.5, 0.6) is 0 Å². The van der Waals surface area contributed by atoms with Crippen molar-refractivity contribution in [1.82, 2.24) is 5.32 Å². The summed E-state index contributed by atoms with van der Waals surface area (Å²) in [6.07, 6.45) is 0.652. The van der Waals surface area contributed by atoms with Crippen molar-refractivity contribution < 1.29 is 13.2 Å². The predicted octanol–water partition coefficient (Wildman–Crippen LogP) is 1.06. The lowest BCUT2D eigenvalue weighted by molar-refractivity contribution is -0.119. The van der Waals surface area contributed by atoms with Gasteiger partial charge in [0.25, 0.3) is 0 Å². The Hall–Kier alpha value is -1.56. The fraction of sp³-hybridized carbons (Fsp3) is 0.533. The highest BCUT2D eigenvalue weighted by atomic mass is 32.2. The largest absolute Gasteiger partial charge is 0.363 e. The lowest BCUT2D eigenvalue weighted by Gasteiger charge is -2.22. The fourth-order valence-corrected chi connectivity index (χ4v) is 4.41. The van der Waals surface area contributed by atoms with Gasteiger partial charge in [0, 0.05) is 18.8 Å². The topological polar surface area (TPSA) is 66.5 Å². The molecule has 116 valence electrons. The monoisotopic (exact) mass is 310 g/mol. The number of para-hydroxylation sites is 1. The maximum Gasteiger partial charge on any atom is 0.239 e. The van der Waals surface area contributed by atoms with Crippen LogP contribution in [-0.4, -0.2) is 45.5 Å². The van der Waals surface area contributed by atoms with Gasteiger partial charge in [0.2, 0.25) is 5.91 Å². The van der Waals surface area contributed by atoms with Crippen LogP contribution in [0.2, 0.25) is 0 Å². The van der Waals surface area contributed by atoms with Crippen LogP contribution in [0.15, 0.2) is 30.3 Å². The van der Waals surface area contributed by atoms with Crippen LogP contribution in [0, 0.1) is 5.92 Å². The summed E-state index contributed by atoms with van der Waals surface area (Å²) in [6.45, 7) is 3.49. The smallest absolute Gasteiger partial charge is 0.239 e. The molecule has 1 amide bonds. The molecular weight excluding hydrogens is 288 g/mol. The van der Waals surface area contributed by atoms with Gasteiger partial charge in [0.05, 0.1) is 18.1 Å². The summed E-state index contributed by atoms with van der Waals surface area (Å²) in [4.78, 5) is 14.0. The summed E-state index contributed by atoms with van der Waals surface area (Å²) in [7, 11) is -2.88. The predicted molar refractivity (Wildman–Crippen MR) is 84.1 cm³/mol. The summed E-state index contributed by atoms with van der Waals surface area (Å²) in [5.74, 6) is 0.443. The number of carbonyl (C=O) groups is 1. The van der Waals surface area contributed by atoms with Gasteiger partial charge in [0.15, 0.2) is 9.84 Å². The molecule has 1 atom stereocenters. The normalized spacial score (nSPS) is 20.1. The Labute approximate surface area is 126 Å². The molecule has 2 rings (SSSR count). The maximum absolute atomic E-state index is 12.0. The molecule has 5 nitrogen and oxygen atoms in total. The van der Waals surface area contributed by atoms with E-state index in [0.29, 0.717) is 19.5 Å². The minimum Gasteiger partial charge on any atom is -0.363 e. The van der Waals surface area contributed by atoms with Gasteiger partial charge < -0.3 is 10.2 Å². The molecular formula is C15H22N2O3S. The molecule has 1 aromatic rings. The number of carbonyl (C=O) groups excluding carboxylic acids is 1. The lowest BCUT2D eigenvalue weighted by Crippen LogP contribution is -2.39. The number of amides is 1. The maximum atomic E-state index is 12.0. The number of anilines is 1. The molecule has 0 bridgehead atoms. The molecule has 0 unspecified atom stereocenters. The summed E-state index contributed by atoms with van der Waals surface area (Å²) in [5, 5.41) is 2.85. The van der Waals surface area contributed by atoms with Crippen LogP contribution in [0.3, 0.4) is 0 Å². The molecule has 21 heavy (non-hydrogen) atoms. The van der Waals surface area contributed by atoms with E-state index in [9.17, 15) is 13.2 Å². The van der Waals surface area contributed by atoms with Crippen molar-refractivity contribution in [2.24, 2.45) is 5.92 Å². The van der Waals surface area contributed by atoms with Gasteiger partial charge in [-0.15, -0.1) is 0 Å². The zero-order chi connectivity index (χ0) is 15.3. The van der Waals surface area contributed by atoms with Gasteiger partial charge in [-0.1, -0.05) is 18.2 Å². The van der Waals surface area contributed by atoms with E-state index in [4.69, 9.17) is 0 Å². The molecule has 1 heterocycles. The van der Waals surface area contributed by atoms with Crippen LogP contribution in [0.1, 0.15) is 13.3 Å². The molecule has 1 fully saturated rings. The van der Waals surface area contributed by atoms with E-state index in [-0.39, 0.29) is 23.3 Å². The van der Waals surface area contributed by atoms with E-state index in [0.717, 1.165) is 12.2 Å². The highest BCUT2D eigenvalue weighted by molar-refractivity contribution is 7.91. The first kappa shape index (κ1) is 15.8. The van der Waals surface area contributed by atoms with E-state index in [1.165, 1.54) is 0 Å². The fourth-order valence-electron chi connectivity index (χ4n) is 2.54. The third-order valence-corrected chi connectivity index (χ3v) is 5.59. The van der Waals surface area contributed by atoms with E-state index < -0.39 is 9.84 Å². The Kier molecular flexibility index (Phi) is 5.22. The summed E-state index contributed by atoms with van der Waals surface area (Å²) >= 11 is 0. The molecule has 1 aliphatic rings. The zero-order valence-electron chi connectivity index (χ0n) is 12.3. The van der Waals surface area contributed by atoms with E-state index in [1.807, 2.05) is 42.2 Å². The highest BCUT2D eigenvalue weighted by Gasteiger charge is 2.27. The van der Waals surface area contributed by atoms with Crippen LogP contribution in [0.4, 0.5) is 5.69 Å². The Morgan fingerprint density at radius 3 is 2.62 bits per heavy atom. The second kappa shape index (κ2) is 6.93. The quantitative estimate of drug-likeness (QED) is 0.853. The van der Waals surface area contributed by atoms with Crippen molar-refractivity contribution in [3.63, 3.8) is 0 Å². The number of hydrogen-bond acceptors (Lipinski definition) is 4. The summed E-state index contributed by atoms with van der Waals surface area (Å²) < 4.78 is 22.7. The summed E-state index contributed by atoms with van der Waals surface area (Å²) in [5.41, 5.74) is 1.01. The third kappa shape index (κ3) is 4.74. The van der Waals surface area contributed by atoms with Crippen LogP contribution >= 0.6 is 0 Å². The number of likely N-dealkylation sites (N-methyl/N-ethyl adjacent to an activating group) is 1. The minimum absolute atomic E-state index is 0.0609. The second-order valence-corrected chi connectivity index (χ2v) is 7.65. The van der Waals surface area contributed by atoms with Crippen molar-refractivity contribution in [2.45, 2.75) is 13.3 Å². The summed E-state index contributed by atoms with van der Waals surface area (Å²) in [6, 6.07) is 9.77. The van der Waals surface area contributed by atoms with Crippen molar-refractivity contribution in [2.75, 3.05) is 36.0 Å². The number of rotatable bonds is 6. The molecule has 6 heteroatoms. The zero-order valence-corrected chi connectivity index (χ0v) is 13.1. The number of hydrogen-bond donors (Lipinski definition) is 1. The Bertz CT molecular complexity index is 572. The third-order valence-electron chi connectivity index (χ3n) is 3.75.